The van der Waals surface area contributed by atoms with Gasteiger partial charge in [-0.25, -0.2) is 0 Å². The van der Waals surface area contributed by atoms with Gasteiger partial charge >= 0.3 is 6.01 Å². The Morgan fingerprint density at radius 1 is 1.27 bits per heavy atom. The summed E-state index contributed by atoms with van der Waals surface area (Å²) in [5, 5.41) is 6.23. The van der Waals surface area contributed by atoms with Crippen LogP contribution in [0.15, 0.2) is 4.52 Å². The predicted molar refractivity (Wildman–Crippen MR) is 79.0 cm³/mol. The first-order chi connectivity index (χ1) is 10.6. The van der Waals surface area contributed by atoms with E-state index >= 15 is 0 Å². The van der Waals surface area contributed by atoms with Crippen molar-refractivity contribution in [2.24, 2.45) is 5.92 Å². The molecule has 3 rings (SSSR count). The summed E-state index contributed by atoms with van der Waals surface area (Å²) in [5.41, 5.74) is 0. The smallest absolute Gasteiger partial charge is 0.328 e. The first-order valence-corrected chi connectivity index (χ1v) is 8.04. The minimum absolute atomic E-state index is 0.0914. The number of aromatic nitrogens is 2. The number of carbonyl (C=O) groups excluding carboxylic acids is 2. The van der Waals surface area contributed by atoms with Crippen molar-refractivity contribution in [2.75, 3.05) is 11.9 Å². The fraction of sp³-hybridized carbons (Fsp3) is 0.733. The van der Waals surface area contributed by atoms with Crippen LogP contribution in [0.2, 0.25) is 0 Å². The van der Waals surface area contributed by atoms with E-state index in [9.17, 15) is 9.59 Å². The normalized spacial score (nSPS) is 23.6. The van der Waals surface area contributed by atoms with Crippen LogP contribution in [0, 0.1) is 12.8 Å². The molecular weight excluding hydrogens is 284 g/mol. The molecule has 2 aliphatic rings. The second-order valence-electron chi connectivity index (χ2n) is 6.23. The molecule has 1 N–H and O–H groups in total. The Hall–Kier alpha value is -1.92. The molecule has 2 amide bonds. The van der Waals surface area contributed by atoms with E-state index in [1.54, 1.807) is 6.92 Å². The standard InChI is InChI=1S/C15H22N4O3/c1-10-16-15(22-18-10)17-14(21)11-8-13(20)19(9-11)12-6-4-2-3-5-7-12/h11-12H,2-9H2,1H3,(H,16,17,18,21)/t11-/m1/s1. The van der Waals surface area contributed by atoms with Crippen LogP contribution in [-0.2, 0) is 9.59 Å². The summed E-state index contributed by atoms with van der Waals surface area (Å²) in [6.45, 7) is 2.19. The molecule has 7 heteroatoms. The molecule has 0 spiro atoms. The minimum atomic E-state index is -0.331. The van der Waals surface area contributed by atoms with Crippen molar-refractivity contribution in [2.45, 2.75) is 57.9 Å². The van der Waals surface area contributed by atoms with Crippen LogP contribution in [0.25, 0.3) is 0 Å². The van der Waals surface area contributed by atoms with Crippen molar-refractivity contribution in [3.05, 3.63) is 5.82 Å². The van der Waals surface area contributed by atoms with Gasteiger partial charge in [-0.15, -0.1) is 0 Å². The zero-order valence-electron chi connectivity index (χ0n) is 12.9. The average molecular weight is 306 g/mol. The summed E-state index contributed by atoms with van der Waals surface area (Å²) in [4.78, 5) is 30.4. The predicted octanol–water partition coefficient (Wildman–Crippen LogP) is 1.89. The molecule has 1 aromatic heterocycles. The van der Waals surface area contributed by atoms with Gasteiger partial charge in [-0.3, -0.25) is 14.9 Å². The van der Waals surface area contributed by atoms with Gasteiger partial charge in [-0.2, -0.15) is 4.98 Å². The number of anilines is 1. The third-order valence-electron chi connectivity index (χ3n) is 4.55. The SMILES string of the molecule is Cc1noc(NC(=O)[C@@H]2CC(=O)N(C3CCCCCC3)C2)n1. The lowest BCUT2D eigenvalue weighted by atomic mass is 10.1. The van der Waals surface area contributed by atoms with Gasteiger partial charge in [0.2, 0.25) is 11.8 Å². The number of hydrogen-bond donors (Lipinski definition) is 1. The molecule has 1 aliphatic carbocycles. The molecule has 0 aromatic carbocycles. The van der Waals surface area contributed by atoms with Gasteiger partial charge in [0.25, 0.3) is 0 Å². The van der Waals surface area contributed by atoms with Crippen molar-refractivity contribution >= 4 is 17.8 Å². The topological polar surface area (TPSA) is 88.3 Å². The van der Waals surface area contributed by atoms with Gasteiger partial charge in [-0.1, -0.05) is 30.8 Å². The maximum atomic E-state index is 12.3. The van der Waals surface area contributed by atoms with Gasteiger partial charge in [0.1, 0.15) is 0 Å². The monoisotopic (exact) mass is 306 g/mol. The third kappa shape index (κ3) is 3.28. The van der Waals surface area contributed by atoms with E-state index in [-0.39, 0.29) is 30.2 Å². The summed E-state index contributed by atoms with van der Waals surface area (Å²) in [5.74, 6) is 0.0164. The van der Waals surface area contributed by atoms with E-state index in [0.717, 1.165) is 12.8 Å². The molecule has 0 radical (unpaired) electrons. The lowest BCUT2D eigenvalue weighted by molar-refractivity contribution is -0.130. The third-order valence-corrected chi connectivity index (χ3v) is 4.55. The van der Waals surface area contributed by atoms with Crippen molar-refractivity contribution in [1.29, 1.82) is 0 Å². The molecule has 22 heavy (non-hydrogen) atoms. The molecule has 0 unspecified atom stereocenters. The highest BCUT2D eigenvalue weighted by molar-refractivity contribution is 5.96. The number of likely N-dealkylation sites (tertiary alicyclic amines) is 1. The van der Waals surface area contributed by atoms with E-state index in [0.29, 0.717) is 18.4 Å². The van der Waals surface area contributed by atoms with Gasteiger partial charge in [0.15, 0.2) is 5.82 Å². The second-order valence-corrected chi connectivity index (χ2v) is 6.23. The van der Waals surface area contributed by atoms with Crippen LogP contribution in [0.3, 0.4) is 0 Å². The van der Waals surface area contributed by atoms with Crippen molar-refractivity contribution in [3.63, 3.8) is 0 Å². The Morgan fingerprint density at radius 3 is 2.64 bits per heavy atom. The second kappa shape index (κ2) is 6.46. The summed E-state index contributed by atoms with van der Waals surface area (Å²) >= 11 is 0. The number of amides is 2. The summed E-state index contributed by atoms with van der Waals surface area (Å²) < 4.78 is 4.89. The van der Waals surface area contributed by atoms with Crippen molar-refractivity contribution < 1.29 is 14.1 Å². The maximum absolute atomic E-state index is 12.3. The van der Waals surface area contributed by atoms with Crippen LogP contribution < -0.4 is 5.32 Å². The van der Waals surface area contributed by atoms with E-state index < -0.39 is 0 Å². The molecule has 2 fully saturated rings. The quantitative estimate of drug-likeness (QED) is 0.861. The largest absolute Gasteiger partial charge is 0.339 e. The molecule has 1 saturated carbocycles. The highest BCUT2D eigenvalue weighted by atomic mass is 16.5. The van der Waals surface area contributed by atoms with Crippen LogP contribution >= 0.6 is 0 Å². The minimum Gasteiger partial charge on any atom is -0.339 e. The Kier molecular flexibility index (Phi) is 4.40. The molecule has 2 heterocycles. The van der Waals surface area contributed by atoms with E-state index in [1.165, 1.54) is 25.7 Å². The lowest BCUT2D eigenvalue weighted by Crippen LogP contribution is -2.37. The fourth-order valence-electron chi connectivity index (χ4n) is 3.38. The number of hydrogen-bond acceptors (Lipinski definition) is 5. The summed E-state index contributed by atoms with van der Waals surface area (Å²) in [7, 11) is 0. The zero-order chi connectivity index (χ0) is 15.5. The lowest BCUT2D eigenvalue weighted by Gasteiger charge is -2.27. The first kappa shape index (κ1) is 15.0. The maximum Gasteiger partial charge on any atom is 0.328 e. The van der Waals surface area contributed by atoms with E-state index in [2.05, 4.69) is 15.5 Å². The Labute approximate surface area is 129 Å². The fourth-order valence-corrected chi connectivity index (χ4v) is 3.38. The van der Waals surface area contributed by atoms with E-state index in [1.807, 2.05) is 4.90 Å². The number of carbonyl (C=O) groups is 2. The molecule has 7 nitrogen and oxygen atoms in total. The number of nitrogens with zero attached hydrogens (tertiary/aromatic N) is 3. The molecule has 0 bridgehead atoms. The van der Waals surface area contributed by atoms with Gasteiger partial charge < -0.3 is 9.42 Å². The summed E-state index contributed by atoms with van der Waals surface area (Å²) in [6.07, 6.45) is 7.23. The van der Waals surface area contributed by atoms with Crippen molar-refractivity contribution in [3.8, 4) is 0 Å². The highest BCUT2D eigenvalue weighted by Crippen LogP contribution is 2.28. The van der Waals surface area contributed by atoms with Gasteiger partial charge in [-0.05, 0) is 19.8 Å². The molecule has 120 valence electrons. The summed E-state index contributed by atoms with van der Waals surface area (Å²) in [6, 6.07) is 0.404. The van der Waals surface area contributed by atoms with Crippen LogP contribution in [0.1, 0.15) is 50.8 Å². The molecule has 1 aliphatic heterocycles. The van der Waals surface area contributed by atoms with Crippen LogP contribution in [-0.4, -0.2) is 39.4 Å². The number of nitrogens with one attached hydrogen (secondary N) is 1. The number of rotatable bonds is 3. The number of aryl methyl sites for hydroxylation is 1. The average Bonchev–Trinajstić information content (AvgIpc) is 2.96. The zero-order valence-corrected chi connectivity index (χ0v) is 12.9. The van der Waals surface area contributed by atoms with Crippen LogP contribution in [0.5, 0.6) is 0 Å². The Morgan fingerprint density at radius 2 is 2.00 bits per heavy atom. The molecule has 1 saturated heterocycles. The molecular formula is C15H22N4O3. The van der Waals surface area contributed by atoms with Gasteiger partial charge in [0.05, 0.1) is 5.92 Å². The highest BCUT2D eigenvalue weighted by Gasteiger charge is 2.38. The van der Waals surface area contributed by atoms with E-state index in [4.69, 9.17) is 4.52 Å². The van der Waals surface area contributed by atoms with Crippen LogP contribution in [0.4, 0.5) is 6.01 Å². The molecule has 1 atom stereocenters. The first-order valence-electron chi connectivity index (χ1n) is 8.04. The van der Waals surface area contributed by atoms with Crippen molar-refractivity contribution in [1.82, 2.24) is 15.0 Å². The Bertz CT molecular complexity index is 549. The van der Waals surface area contributed by atoms with Gasteiger partial charge in [0, 0.05) is 19.0 Å². The Balaban J connectivity index is 1.59. The molecule has 1 aromatic rings.